The molecule has 0 aliphatic heterocycles. The number of carbonyl (C=O) groups excluding carboxylic acids is 1. The van der Waals surface area contributed by atoms with Gasteiger partial charge in [-0.3, -0.25) is 4.79 Å². The first-order chi connectivity index (χ1) is 5.27. The van der Waals surface area contributed by atoms with Gasteiger partial charge in [0.25, 0.3) is 0 Å². The molecule has 0 radical (unpaired) electrons. The maximum atomic E-state index is 10.8. The van der Waals surface area contributed by atoms with Gasteiger partial charge in [-0.15, -0.1) is 0 Å². The van der Waals surface area contributed by atoms with Crippen molar-refractivity contribution >= 4 is 6.29 Å². The summed E-state index contributed by atoms with van der Waals surface area (Å²) < 4.78 is 4.81. The zero-order valence-electron chi connectivity index (χ0n) is 7.03. The van der Waals surface area contributed by atoms with Crippen molar-refractivity contribution in [3.8, 4) is 11.5 Å². The Morgan fingerprint density at radius 1 is 1.50 bits per heavy atom. The Hall–Kier alpha value is 0.126. The Bertz CT molecular complexity index is 273. The standard InChI is InChI=1S/C8H8O3.K/c1-11-7-2-3-8(10)6(4-7)5-9;/h2-5,10H,1H3;/q;+1/p-1. The fourth-order valence-corrected chi connectivity index (χ4v) is 0.746. The number of benzene rings is 1. The van der Waals surface area contributed by atoms with Crippen LogP contribution in [0.4, 0.5) is 0 Å². The Morgan fingerprint density at radius 2 is 2.17 bits per heavy atom. The van der Waals surface area contributed by atoms with E-state index in [0.29, 0.717) is 12.0 Å². The molecule has 0 heterocycles. The van der Waals surface area contributed by atoms with Crippen molar-refractivity contribution in [3.63, 3.8) is 0 Å². The Labute approximate surface area is 113 Å². The molecular formula is C8H7KO3. The zero-order chi connectivity index (χ0) is 8.27. The topological polar surface area (TPSA) is 49.4 Å². The van der Waals surface area contributed by atoms with Crippen LogP contribution in [0, 0.1) is 0 Å². The van der Waals surface area contributed by atoms with E-state index >= 15 is 0 Å². The SMILES string of the molecule is COc1ccc([O-])c(C=O)c1.[K+]. The van der Waals surface area contributed by atoms with Crippen molar-refractivity contribution in [2.24, 2.45) is 0 Å². The largest absolute Gasteiger partial charge is 1.00 e. The number of hydrogen-bond acceptors (Lipinski definition) is 3. The summed E-state index contributed by atoms with van der Waals surface area (Å²) in [6.45, 7) is 0. The first-order valence-electron chi connectivity index (χ1n) is 3.08. The van der Waals surface area contributed by atoms with Gasteiger partial charge >= 0.3 is 51.4 Å². The molecule has 1 aromatic carbocycles. The summed E-state index contributed by atoms with van der Waals surface area (Å²) in [4.78, 5) is 10.2. The first kappa shape index (κ1) is 12.1. The van der Waals surface area contributed by atoms with E-state index < -0.39 is 0 Å². The van der Waals surface area contributed by atoms with E-state index in [2.05, 4.69) is 0 Å². The van der Waals surface area contributed by atoms with Crippen LogP contribution in [-0.4, -0.2) is 13.4 Å². The molecule has 0 aromatic heterocycles. The second kappa shape index (κ2) is 5.72. The van der Waals surface area contributed by atoms with Crippen LogP contribution in [0.15, 0.2) is 18.2 Å². The maximum absolute atomic E-state index is 10.8. The van der Waals surface area contributed by atoms with Crippen LogP contribution in [0.25, 0.3) is 0 Å². The molecule has 12 heavy (non-hydrogen) atoms. The smallest absolute Gasteiger partial charge is 0.872 e. The molecule has 0 atom stereocenters. The minimum Gasteiger partial charge on any atom is -0.872 e. The average molecular weight is 190 g/mol. The van der Waals surface area contributed by atoms with E-state index in [0.717, 1.165) is 0 Å². The molecule has 0 saturated carbocycles. The van der Waals surface area contributed by atoms with Gasteiger partial charge in [0.05, 0.1) is 7.11 Å². The van der Waals surface area contributed by atoms with Gasteiger partial charge in [-0.05, 0) is 12.1 Å². The fourth-order valence-electron chi connectivity index (χ4n) is 0.746. The summed E-state index contributed by atoms with van der Waals surface area (Å²) in [6, 6.07) is 4.24. The zero-order valence-corrected chi connectivity index (χ0v) is 10.2. The third kappa shape index (κ3) is 2.88. The number of aldehydes is 1. The van der Waals surface area contributed by atoms with Crippen LogP contribution in [0.3, 0.4) is 0 Å². The van der Waals surface area contributed by atoms with Crippen LogP contribution in [0.5, 0.6) is 11.5 Å². The predicted octanol–water partition coefficient (Wildman–Crippen LogP) is -2.41. The van der Waals surface area contributed by atoms with Gasteiger partial charge in [-0.1, -0.05) is 11.8 Å². The molecule has 0 bridgehead atoms. The second-order valence-electron chi connectivity index (χ2n) is 2.02. The van der Waals surface area contributed by atoms with E-state index in [9.17, 15) is 9.90 Å². The number of hydrogen-bond donors (Lipinski definition) is 0. The Kier molecular flexibility index (Phi) is 5.78. The molecule has 4 heteroatoms. The summed E-state index contributed by atoms with van der Waals surface area (Å²) in [5.74, 6) is 0.243. The molecule has 1 aromatic rings. The molecule has 58 valence electrons. The first-order valence-corrected chi connectivity index (χ1v) is 3.08. The predicted molar refractivity (Wildman–Crippen MR) is 37.8 cm³/mol. The maximum Gasteiger partial charge on any atom is 1.00 e. The van der Waals surface area contributed by atoms with Gasteiger partial charge in [0.1, 0.15) is 12.0 Å². The van der Waals surface area contributed by atoms with E-state index in [1.807, 2.05) is 0 Å². The molecule has 0 amide bonds. The van der Waals surface area contributed by atoms with Crippen molar-refractivity contribution in [3.05, 3.63) is 23.8 Å². The summed E-state index contributed by atoms with van der Waals surface area (Å²) >= 11 is 0. The number of carbonyl (C=O) groups is 1. The van der Waals surface area contributed by atoms with Crippen molar-refractivity contribution in [1.82, 2.24) is 0 Å². The molecule has 3 nitrogen and oxygen atoms in total. The molecule has 0 unspecified atom stereocenters. The molecule has 0 fully saturated rings. The summed E-state index contributed by atoms with van der Waals surface area (Å²) in [5, 5.41) is 10.8. The minimum absolute atomic E-state index is 0. The molecule has 0 aliphatic rings. The summed E-state index contributed by atoms with van der Waals surface area (Å²) in [5.41, 5.74) is 0.129. The fraction of sp³-hybridized carbons (Fsp3) is 0.125. The van der Waals surface area contributed by atoms with Crippen molar-refractivity contribution in [2.75, 3.05) is 7.11 Å². The van der Waals surface area contributed by atoms with Crippen molar-refractivity contribution in [2.45, 2.75) is 0 Å². The van der Waals surface area contributed by atoms with Crippen LogP contribution in [-0.2, 0) is 0 Å². The van der Waals surface area contributed by atoms with Gasteiger partial charge in [0.2, 0.25) is 0 Å². The van der Waals surface area contributed by atoms with Crippen LogP contribution >= 0.6 is 0 Å². The molecule has 0 N–H and O–H groups in total. The monoisotopic (exact) mass is 190 g/mol. The van der Waals surface area contributed by atoms with Crippen molar-refractivity contribution in [1.29, 1.82) is 0 Å². The average Bonchev–Trinajstić information content (AvgIpc) is 2.05. The van der Waals surface area contributed by atoms with Gasteiger partial charge in [0.15, 0.2) is 0 Å². The Morgan fingerprint density at radius 3 is 2.67 bits per heavy atom. The Balaban J connectivity index is 0.00000121. The normalized spacial score (nSPS) is 8.42. The summed E-state index contributed by atoms with van der Waals surface area (Å²) in [6.07, 6.45) is 0.519. The van der Waals surface area contributed by atoms with E-state index in [4.69, 9.17) is 4.74 Å². The third-order valence-corrected chi connectivity index (χ3v) is 1.34. The van der Waals surface area contributed by atoms with Crippen molar-refractivity contribution < 1.29 is 66.0 Å². The van der Waals surface area contributed by atoms with E-state index in [1.165, 1.54) is 25.3 Å². The number of methoxy groups -OCH3 is 1. The van der Waals surface area contributed by atoms with Crippen LogP contribution in [0.1, 0.15) is 10.4 Å². The summed E-state index contributed by atoms with van der Waals surface area (Å²) in [7, 11) is 1.48. The molecule has 1 rings (SSSR count). The van der Waals surface area contributed by atoms with E-state index in [1.54, 1.807) is 0 Å². The molecular weight excluding hydrogens is 183 g/mol. The third-order valence-electron chi connectivity index (χ3n) is 1.34. The quantitative estimate of drug-likeness (QED) is 0.385. The molecule has 0 aliphatic carbocycles. The second-order valence-corrected chi connectivity index (χ2v) is 2.02. The van der Waals surface area contributed by atoms with Gasteiger partial charge < -0.3 is 9.84 Å². The minimum atomic E-state index is -0.277. The van der Waals surface area contributed by atoms with E-state index in [-0.39, 0.29) is 62.7 Å². The number of ether oxygens (including phenoxy) is 1. The number of rotatable bonds is 2. The van der Waals surface area contributed by atoms with Crippen LogP contribution in [0.2, 0.25) is 0 Å². The van der Waals surface area contributed by atoms with Gasteiger partial charge in [-0.2, -0.15) is 0 Å². The van der Waals surface area contributed by atoms with Gasteiger partial charge in [0, 0.05) is 5.56 Å². The van der Waals surface area contributed by atoms with Gasteiger partial charge in [-0.25, -0.2) is 0 Å². The van der Waals surface area contributed by atoms with Crippen LogP contribution < -0.4 is 61.2 Å². The molecule has 0 saturated heterocycles. The molecule has 0 spiro atoms.